The average molecular weight is 398 g/mol. The van der Waals surface area contributed by atoms with E-state index in [0.717, 1.165) is 33.9 Å². The van der Waals surface area contributed by atoms with Crippen molar-refractivity contribution in [1.29, 1.82) is 0 Å². The molecular weight excluding hydrogens is 381 g/mol. The first-order chi connectivity index (χ1) is 13.4. The molecule has 0 N–H and O–H groups in total. The van der Waals surface area contributed by atoms with Crippen LogP contribution in [0.25, 0.3) is 20.2 Å². The maximum atomic E-state index is 15.1. The van der Waals surface area contributed by atoms with E-state index in [4.69, 9.17) is 4.74 Å². The highest BCUT2D eigenvalue weighted by molar-refractivity contribution is 7.25. The van der Waals surface area contributed by atoms with Crippen LogP contribution in [0.5, 0.6) is 5.75 Å². The van der Waals surface area contributed by atoms with E-state index in [0.29, 0.717) is 32.7 Å². The van der Waals surface area contributed by atoms with E-state index in [1.54, 1.807) is 31.2 Å². The zero-order valence-electron chi connectivity index (χ0n) is 15.4. The van der Waals surface area contributed by atoms with Crippen LogP contribution in [0.1, 0.15) is 23.6 Å². The summed E-state index contributed by atoms with van der Waals surface area (Å²) < 4.78 is 48.4. The monoisotopic (exact) mass is 398 g/mol. The van der Waals surface area contributed by atoms with Gasteiger partial charge in [-0.2, -0.15) is 0 Å². The predicted molar refractivity (Wildman–Crippen MR) is 109 cm³/mol. The molecule has 142 valence electrons. The molecule has 4 aromatic rings. The van der Waals surface area contributed by atoms with Gasteiger partial charge in [0.05, 0.1) is 9.40 Å². The minimum atomic E-state index is -0.422. The van der Waals surface area contributed by atoms with Gasteiger partial charge in [-0.25, -0.2) is 13.2 Å². The molecule has 3 aromatic carbocycles. The molecule has 4 rings (SSSR count). The summed E-state index contributed by atoms with van der Waals surface area (Å²) in [6.07, 6.45) is 1.43. The first-order valence-corrected chi connectivity index (χ1v) is 9.62. The van der Waals surface area contributed by atoms with Crippen LogP contribution >= 0.6 is 11.3 Å². The quantitative estimate of drug-likeness (QED) is 0.325. The Balaban J connectivity index is 1.68. The van der Waals surface area contributed by atoms with E-state index >= 15 is 4.39 Å². The van der Waals surface area contributed by atoms with Gasteiger partial charge in [-0.15, -0.1) is 11.3 Å². The molecule has 0 unspecified atom stereocenters. The van der Waals surface area contributed by atoms with E-state index in [-0.39, 0.29) is 11.6 Å². The Morgan fingerprint density at radius 1 is 0.929 bits per heavy atom. The maximum absolute atomic E-state index is 15.1. The van der Waals surface area contributed by atoms with Gasteiger partial charge in [0, 0.05) is 17.2 Å². The lowest BCUT2D eigenvalue weighted by Crippen LogP contribution is -1.93. The van der Waals surface area contributed by atoms with E-state index in [1.165, 1.54) is 6.92 Å². The molecule has 28 heavy (non-hydrogen) atoms. The number of aryl methyl sites for hydroxylation is 1. The van der Waals surface area contributed by atoms with Crippen LogP contribution in [-0.2, 0) is 6.42 Å². The molecule has 0 aliphatic rings. The molecule has 0 fully saturated rings. The lowest BCUT2D eigenvalue weighted by molar-refractivity contribution is 0.451. The van der Waals surface area contributed by atoms with Crippen LogP contribution in [0.4, 0.5) is 13.2 Å². The Morgan fingerprint density at radius 3 is 2.25 bits per heavy atom. The average Bonchev–Trinajstić information content (AvgIpc) is 3.06. The highest BCUT2D eigenvalue weighted by Gasteiger charge is 2.16. The van der Waals surface area contributed by atoms with Crippen molar-refractivity contribution in [2.24, 2.45) is 0 Å². The van der Waals surface area contributed by atoms with Crippen molar-refractivity contribution in [3.63, 3.8) is 0 Å². The number of ether oxygens (including phenoxy) is 1. The summed E-state index contributed by atoms with van der Waals surface area (Å²) in [6.45, 7) is 3.01. The van der Waals surface area contributed by atoms with Gasteiger partial charge in [0.25, 0.3) is 0 Å². The van der Waals surface area contributed by atoms with Gasteiger partial charge >= 0.3 is 0 Å². The van der Waals surface area contributed by atoms with Gasteiger partial charge in [0.2, 0.25) is 0 Å². The molecule has 0 saturated carbocycles. The smallest absolute Gasteiger partial charge is 0.144 e. The second-order valence-electron chi connectivity index (χ2n) is 6.73. The summed E-state index contributed by atoms with van der Waals surface area (Å²) in [6, 6.07) is 14.2. The number of benzene rings is 3. The van der Waals surface area contributed by atoms with Gasteiger partial charge in [-0.3, -0.25) is 0 Å². The number of halogens is 3. The lowest BCUT2D eigenvalue weighted by Gasteiger charge is -2.06. The van der Waals surface area contributed by atoms with Crippen LogP contribution in [-0.4, -0.2) is 0 Å². The van der Waals surface area contributed by atoms with Gasteiger partial charge in [-0.05, 0) is 42.7 Å². The van der Waals surface area contributed by atoms with Crippen LogP contribution in [0.15, 0.2) is 60.6 Å². The van der Waals surface area contributed by atoms with Gasteiger partial charge in [0.1, 0.15) is 29.5 Å². The summed E-state index contributed by atoms with van der Waals surface area (Å²) in [4.78, 5) is 0. The lowest BCUT2D eigenvalue weighted by atomic mass is 10.0. The number of fused-ring (bicyclic) bond motifs is 3. The largest absolute Gasteiger partial charge is 0.462 e. The molecule has 0 radical (unpaired) electrons. The second-order valence-corrected chi connectivity index (χ2v) is 7.75. The summed E-state index contributed by atoms with van der Waals surface area (Å²) in [5, 5.41) is 1.48. The molecule has 1 heterocycles. The Hall–Kier alpha value is -2.79. The Labute approximate surface area is 164 Å². The summed E-state index contributed by atoms with van der Waals surface area (Å²) >= 11 is 1.15. The molecular formula is C23H17F3OS. The zero-order chi connectivity index (χ0) is 19.8. The third-order valence-corrected chi connectivity index (χ3v) is 5.84. The molecule has 1 nitrogen and oxygen atoms in total. The number of allylic oxidation sites excluding steroid dienone is 1. The fourth-order valence-electron chi connectivity index (χ4n) is 3.17. The first kappa shape index (κ1) is 18.6. The number of hydrogen-bond donors (Lipinski definition) is 0. The molecule has 0 aliphatic heterocycles. The molecule has 0 spiro atoms. The Morgan fingerprint density at radius 2 is 1.57 bits per heavy atom. The van der Waals surface area contributed by atoms with Crippen molar-refractivity contribution < 1.29 is 17.9 Å². The van der Waals surface area contributed by atoms with Crippen LogP contribution in [0.2, 0.25) is 0 Å². The van der Waals surface area contributed by atoms with Crippen LogP contribution in [0.3, 0.4) is 0 Å². The topological polar surface area (TPSA) is 9.23 Å². The highest BCUT2D eigenvalue weighted by Crippen LogP contribution is 2.39. The summed E-state index contributed by atoms with van der Waals surface area (Å²) in [5.41, 5.74) is 2.00. The predicted octanol–water partition coefficient (Wildman–Crippen LogP) is 7.44. The number of rotatable bonds is 4. The highest BCUT2D eigenvalue weighted by atomic mass is 32.1. The summed E-state index contributed by atoms with van der Waals surface area (Å²) in [7, 11) is 0. The minimum absolute atomic E-state index is 0.284. The standard InChI is InChI=1S/C23H17F3OS/c1-13-3-9-18-19-10-6-16(21(26)23(19)28-22(18)20(13)25)11-15-4-7-17(8-5-15)27-12-14(2)24/h3-10,12H,11H2,1-2H3/b14-12-. The zero-order valence-corrected chi connectivity index (χ0v) is 16.2. The Bertz CT molecular complexity index is 1200. The van der Waals surface area contributed by atoms with E-state index in [9.17, 15) is 8.78 Å². The third kappa shape index (κ3) is 3.38. The fourth-order valence-corrected chi connectivity index (χ4v) is 4.42. The van der Waals surface area contributed by atoms with Crippen molar-refractivity contribution in [3.05, 3.63) is 88.9 Å². The molecule has 0 aliphatic carbocycles. The molecule has 0 amide bonds. The van der Waals surface area contributed by atoms with Gasteiger partial charge < -0.3 is 4.74 Å². The normalized spacial score (nSPS) is 12.1. The maximum Gasteiger partial charge on any atom is 0.144 e. The fraction of sp³-hybridized carbons (Fsp3) is 0.130. The molecule has 0 bridgehead atoms. The molecule has 0 saturated heterocycles. The van der Waals surface area contributed by atoms with E-state index < -0.39 is 5.83 Å². The number of hydrogen-bond acceptors (Lipinski definition) is 2. The summed E-state index contributed by atoms with van der Waals surface area (Å²) in [5.74, 6) is -0.513. The van der Waals surface area contributed by atoms with Crippen molar-refractivity contribution in [2.75, 3.05) is 0 Å². The molecule has 1 aromatic heterocycles. The second kappa shape index (κ2) is 7.32. The van der Waals surface area contributed by atoms with Crippen LogP contribution in [0, 0.1) is 18.6 Å². The van der Waals surface area contributed by atoms with E-state index in [2.05, 4.69) is 0 Å². The van der Waals surface area contributed by atoms with Crippen molar-refractivity contribution in [2.45, 2.75) is 20.3 Å². The van der Waals surface area contributed by atoms with Crippen LogP contribution < -0.4 is 4.74 Å². The number of thiophene rings is 1. The van der Waals surface area contributed by atoms with Crippen molar-refractivity contribution >= 4 is 31.5 Å². The molecule has 5 heteroatoms. The van der Waals surface area contributed by atoms with Gasteiger partial charge in [0.15, 0.2) is 0 Å². The van der Waals surface area contributed by atoms with E-state index in [1.807, 2.05) is 24.3 Å². The van der Waals surface area contributed by atoms with Crippen molar-refractivity contribution in [1.82, 2.24) is 0 Å². The Kier molecular flexibility index (Phi) is 4.85. The van der Waals surface area contributed by atoms with Crippen molar-refractivity contribution in [3.8, 4) is 5.75 Å². The first-order valence-electron chi connectivity index (χ1n) is 8.80. The molecule has 0 atom stereocenters. The SMILES string of the molecule is C/C(F)=C/Oc1ccc(Cc2ccc3c(sc4c(F)c(C)ccc43)c2F)cc1. The van der Waals surface area contributed by atoms with Gasteiger partial charge in [-0.1, -0.05) is 36.4 Å². The minimum Gasteiger partial charge on any atom is -0.462 e. The third-order valence-electron chi connectivity index (χ3n) is 4.64.